The third kappa shape index (κ3) is 3.59. The van der Waals surface area contributed by atoms with E-state index in [1.165, 1.54) is 17.2 Å². The predicted molar refractivity (Wildman–Crippen MR) is 88.5 cm³/mol. The summed E-state index contributed by atoms with van der Waals surface area (Å²) >= 11 is 0. The number of aryl methyl sites for hydroxylation is 1. The summed E-state index contributed by atoms with van der Waals surface area (Å²) < 4.78 is 13.6. The first-order chi connectivity index (χ1) is 11.1. The number of nitrogens with two attached hydrogens (primary N) is 1. The molecule has 0 unspecified atom stereocenters. The van der Waals surface area contributed by atoms with Gasteiger partial charge >= 0.3 is 0 Å². The molecule has 2 aromatic carbocycles. The highest BCUT2D eigenvalue weighted by atomic mass is 19.1. The second-order valence-electron chi connectivity index (χ2n) is 6.15. The maximum Gasteiger partial charge on any atom is 0.282 e. The Hall–Kier alpha value is -2.20. The minimum Gasteiger partial charge on any atom is -0.330 e. The molecule has 0 heterocycles. The van der Waals surface area contributed by atoms with Gasteiger partial charge in [0.15, 0.2) is 6.04 Å². The Labute approximate surface area is 135 Å². The van der Waals surface area contributed by atoms with Crippen LogP contribution in [0.25, 0.3) is 0 Å². The van der Waals surface area contributed by atoms with Crippen LogP contribution in [0.2, 0.25) is 0 Å². The fourth-order valence-electron chi connectivity index (χ4n) is 3.24. The van der Waals surface area contributed by atoms with Crippen molar-refractivity contribution in [3.63, 3.8) is 0 Å². The molecule has 2 atom stereocenters. The molecule has 3 rings (SSSR count). The van der Waals surface area contributed by atoms with E-state index >= 15 is 0 Å². The number of fused-ring (bicyclic) bond motifs is 1. The summed E-state index contributed by atoms with van der Waals surface area (Å²) in [6.07, 6.45) is 3.31. The molecule has 0 radical (unpaired) electrons. The zero-order valence-corrected chi connectivity index (χ0v) is 13.3. The van der Waals surface area contributed by atoms with Crippen molar-refractivity contribution in [3.8, 4) is 0 Å². The Balaban J connectivity index is 1.67. The van der Waals surface area contributed by atoms with Gasteiger partial charge in [-0.1, -0.05) is 36.4 Å². The third-order valence-corrected chi connectivity index (χ3v) is 4.48. The van der Waals surface area contributed by atoms with Gasteiger partial charge in [0.05, 0.1) is 5.69 Å². The normalized spacial score (nSPS) is 18.1. The highest BCUT2D eigenvalue weighted by Gasteiger charge is 2.27. The van der Waals surface area contributed by atoms with Crippen LogP contribution < -0.4 is 10.6 Å². The van der Waals surface area contributed by atoms with Gasteiger partial charge in [-0.3, -0.25) is 4.79 Å². The van der Waals surface area contributed by atoms with Crippen LogP contribution >= 0.6 is 0 Å². The second-order valence-corrected chi connectivity index (χ2v) is 6.15. The van der Waals surface area contributed by atoms with Crippen molar-refractivity contribution in [1.29, 1.82) is 0 Å². The molecule has 3 N–H and O–H groups in total. The third-order valence-electron chi connectivity index (χ3n) is 4.48. The monoisotopic (exact) mass is 313 g/mol. The smallest absolute Gasteiger partial charge is 0.282 e. The van der Waals surface area contributed by atoms with Gasteiger partial charge in [-0.15, -0.1) is 0 Å². The highest BCUT2D eigenvalue weighted by molar-refractivity contribution is 5.93. The maximum absolute atomic E-state index is 13.6. The lowest BCUT2D eigenvalue weighted by molar-refractivity contribution is -0.714. The van der Waals surface area contributed by atoms with E-state index in [9.17, 15) is 9.18 Å². The number of quaternary nitrogens is 1. The number of para-hydroxylation sites is 1. The van der Waals surface area contributed by atoms with Crippen LogP contribution in [-0.2, 0) is 11.2 Å². The van der Waals surface area contributed by atoms with E-state index in [0.29, 0.717) is 6.04 Å². The number of halogens is 1. The van der Waals surface area contributed by atoms with Gasteiger partial charge in [0.1, 0.15) is 11.9 Å². The summed E-state index contributed by atoms with van der Waals surface area (Å²) in [5.74, 6) is -0.575. The molecule has 4 heteroatoms. The SMILES string of the molecule is C[C@H]([NH2+][C@@H]1CCCc2ccccc21)C(=O)Nc1ccccc1F. The molecule has 0 aliphatic heterocycles. The molecule has 1 aliphatic rings. The molecule has 1 aliphatic carbocycles. The molecule has 3 nitrogen and oxygen atoms in total. The van der Waals surface area contributed by atoms with Gasteiger partial charge in [0.2, 0.25) is 0 Å². The largest absolute Gasteiger partial charge is 0.330 e. The van der Waals surface area contributed by atoms with E-state index in [1.54, 1.807) is 18.2 Å². The van der Waals surface area contributed by atoms with Crippen molar-refractivity contribution >= 4 is 11.6 Å². The fraction of sp³-hybridized carbons (Fsp3) is 0.316. The number of carbonyl (C=O) groups is 1. The number of hydrogen-bond acceptors (Lipinski definition) is 1. The van der Waals surface area contributed by atoms with E-state index in [0.717, 1.165) is 19.3 Å². The molecule has 1 amide bonds. The van der Waals surface area contributed by atoms with E-state index in [-0.39, 0.29) is 17.6 Å². The Morgan fingerprint density at radius 1 is 1.22 bits per heavy atom. The number of hydrogen-bond donors (Lipinski definition) is 2. The molecular formula is C19H22FN2O+. The van der Waals surface area contributed by atoms with Crippen molar-refractivity contribution in [2.24, 2.45) is 0 Å². The summed E-state index contributed by atoms with van der Waals surface area (Å²) in [5, 5.41) is 4.77. The first-order valence-electron chi connectivity index (χ1n) is 8.13. The Kier molecular flexibility index (Phi) is 4.72. The summed E-state index contributed by atoms with van der Waals surface area (Å²) in [5.41, 5.74) is 2.94. The number of anilines is 1. The zero-order chi connectivity index (χ0) is 16.2. The molecule has 0 spiro atoms. The topological polar surface area (TPSA) is 45.7 Å². The first-order valence-corrected chi connectivity index (χ1v) is 8.13. The lowest BCUT2D eigenvalue weighted by Crippen LogP contribution is -2.92. The van der Waals surface area contributed by atoms with Crippen molar-refractivity contribution < 1.29 is 14.5 Å². The van der Waals surface area contributed by atoms with Crippen molar-refractivity contribution in [2.45, 2.75) is 38.3 Å². The van der Waals surface area contributed by atoms with Gasteiger partial charge in [-0.05, 0) is 37.5 Å². The van der Waals surface area contributed by atoms with Crippen LogP contribution in [0.4, 0.5) is 10.1 Å². The number of benzene rings is 2. The van der Waals surface area contributed by atoms with Crippen LogP contribution in [-0.4, -0.2) is 11.9 Å². The quantitative estimate of drug-likeness (QED) is 0.896. The van der Waals surface area contributed by atoms with E-state index in [2.05, 4.69) is 34.9 Å². The van der Waals surface area contributed by atoms with Gasteiger partial charge in [0.25, 0.3) is 5.91 Å². The Bertz CT molecular complexity index is 701. The van der Waals surface area contributed by atoms with Crippen LogP contribution in [0.5, 0.6) is 0 Å². The van der Waals surface area contributed by atoms with Gasteiger partial charge in [-0.2, -0.15) is 0 Å². The van der Waals surface area contributed by atoms with E-state index in [1.807, 2.05) is 6.92 Å². The van der Waals surface area contributed by atoms with E-state index in [4.69, 9.17) is 0 Å². The van der Waals surface area contributed by atoms with Crippen molar-refractivity contribution in [1.82, 2.24) is 0 Å². The molecule has 0 saturated carbocycles. The van der Waals surface area contributed by atoms with Crippen LogP contribution in [0.3, 0.4) is 0 Å². The summed E-state index contributed by atoms with van der Waals surface area (Å²) in [6.45, 7) is 1.87. The minimum absolute atomic E-state index is 0.168. The second kappa shape index (κ2) is 6.92. The molecule has 0 saturated heterocycles. The zero-order valence-electron chi connectivity index (χ0n) is 13.3. The molecule has 0 aromatic heterocycles. The first kappa shape index (κ1) is 15.7. The van der Waals surface area contributed by atoms with E-state index < -0.39 is 5.82 Å². The highest BCUT2D eigenvalue weighted by Crippen LogP contribution is 2.26. The summed E-state index contributed by atoms with van der Waals surface area (Å²) in [6, 6.07) is 14.7. The lowest BCUT2D eigenvalue weighted by atomic mass is 9.87. The number of amides is 1. The number of carbonyl (C=O) groups excluding carboxylic acids is 1. The molecule has 23 heavy (non-hydrogen) atoms. The number of nitrogens with one attached hydrogen (secondary N) is 1. The lowest BCUT2D eigenvalue weighted by Gasteiger charge is -2.26. The maximum atomic E-state index is 13.6. The molecular weight excluding hydrogens is 291 g/mol. The van der Waals surface area contributed by atoms with Crippen LogP contribution in [0.1, 0.15) is 36.9 Å². The fourth-order valence-corrected chi connectivity index (χ4v) is 3.24. The Morgan fingerprint density at radius 3 is 2.78 bits per heavy atom. The molecule has 120 valence electrons. The summed E-state index contributed by atoms with van der Waals surface area (Å²) in [7, 11) is 0. The standard InChI is InChI=1S/C19H21FN2O/c1-13(19(23)22-18-11-5-4-10-16(18)20)21-17-12-6-8-14-7-2-3-9-15(14)17/h2-5,7,9-11,13,17,21H,6,8,12H2,1H3,(H,22,23)/p+1/t13-,17+/m0/s1. The van der Waals surface area contributed by atoms with Gasteiger partial charge in [-0.25, -0.2) is 4.39 Å². The van der Waals surface area contributed by atoms with Crippen molar-refractivity contribution in [2.75, 3.05) is 5.32 Å². The van der Waals surface area contributed by atoms with Gasteiger partial charge < -0.3 is 10.6 Å². The average molecular weight is 313 g/mol. The van der Waals surface area contributed by atoms with Crippen LogP contribution in [0, 0.1) is 5.82 Å². The molecule has 2 aromatic rings. The average Bonchev–Trinajstić information content (AvgIpc) is 2.57. The Morgan fingerprint density at radius 2 is 1.96 bits per heavy atom. The van der Waals surface area contributed by atoms with Crippen LogP contribution in [0.15, 0.2) is 48.5 Å². The minimum atomic E-state index is -0.406. The van der Waals surface area contributed by atoms with Gasteiger partial charge in [0, 0.05) is 12.0 Å². The summed E-state index contributed by atoms with van der Waals surface area (Å²) in [4.78, 5) is 12.3. The molecule has 0 bridgehead atoms. The molecule has 0 fully saturated rings. The number of rotatable bonds is 4. The predicted octanol–water partition coefficient (Wildman–Crippen LogP) is 2.79. The van der Waals surface area contributed by atoms with Crippen molar-refractivity contribution in [3.05, 3.63) is 65.5 Å².